The Labute approximate surface area is 207 Å². The molecule has 1 heterocycles. The smallest absolute Gasteiger partial charge is 0.255 e. The van der Waals surface area contributed by atoms with Crippen LogP contribution in [0.3, 0.4) is 0 Å². The van der Waals surface area contributed by atoms with Crippen molar-refractivity contribution in [3.05, 3.63) is 129 Å². The normalized spacial score (nSPS) is 10.7. The number of benzene rings is 3. The fourth-order valence-electron chi connectivity index (χ4n) is 4.29. The molecule has 4 aromatic rings. The first-order chi connectivity index (χ1) is 17.2. The number of nitrogens with zero attached hydrogens (tertiary/aromatic N) is 2. The van der Waals surface area contributed by atoms with Crippen LogP contribution in [0.1, 0.15) is 47.7 Å². The Hall–Kier alpha value is -3.94. The van der Waals surface area contributed by atoms with Crippen LogP contribution in [0.5, 0.6) is 0 Å². The lowest BCUT2D eigenvalue weighted by Crippen LogP contribution is -2.29. The van der Waals surface area contributed by atoms with Crippen LogP contribution in [0.25, 0.3) is 11.1 Å². The van der Waals surface area contributed by atoms with Crippen molar-refractivity contribution in [3.8, 4) is 17.2 Å². The molecule has 3 aromatic carbocycles. The molecular weight excluding hydrogens is 430 g/mol. The maximum atomic E-state index is 13.5. The van der Waals surface area contributed by atoms with E-state index in [-0.39, 0.29) is 5.56 Å². The van der Waals surface area contributed by atoms with Crippen molar-refractivity contribution in [3.63, 3.8) is 0 Å². The third-order valence-electron chi connectivity index (χ3n) is 6.27. The molecule has 0 unspecified atom stereocenters. The Morgan fingerprint density at radius 1 is 0.829 bits per heavy atom. The Morgan fingerprint density at radius 2 is 1.57 bits per heavy atom. The zero-order valence-electron chi connectivity index (χ0n) is 20.2. The van der Waals surface area contributed by atoms with Gasteiger partial charge in [0.1, 0.15) is 0 Å². The van der Waals surface area contributed by atoms with Gasteiger partial charge in [0, 0.05) is 24.3 Å². The summed E-state index contributed by atoms with van der Waals surface area (Å²) in [4.78, 5) is 13.5. The summed E-state index contributed by atoms with van der Waals surface area (Å²) in [6.45, 7) is 3.96. The van der Waals surface area contributed by atoms with E-state index in [2.05, 4.69) is 48.6 Å². The maximum absolute atomic E-state index is 13.5. The lowest BCUT2D eigenvalue weighted by molar-refractivity contribution is 0.637. The molecule has 0 fully saturated rings. The SMILES string of the molecule is CCCCc1ccc(CNCc2ccccc2)c(=O)n1Cc1ccc(-c2ccccc2C#N)cc1. The molecule has 0 saturated carbocycles. The molecule has 4 nitrogen and oxygen atoms in total. The van der Waals surface area contributed by atoms with Crippen molar-refractivity contribution in [1.82, 2.24) is 9.88 Å². The molecule has 0 aliphatic carbocycles. The van der Waals surface area contributed by atoms with E-state index in [9.17, 15) is 10.1 Å². The van der Waals surface area contributed by atoms with Gasteiger partial charge in [-0.25, -0.2) is 0 Å². The Balaban J connectivity index is 1.55. The van der Waals surface area contributed by atoms with Crippen LogP contribution < -0.4 is 10.9 Å². The number of nitrogens with one attached hydrogen (secondary N) is 1. The first-order valence-corrected chi connectivity index (χ1v) is 12.2. The van der Waals surface area contributed by atoms with E-state index in [0.717, 1.165) is 53.8 Å². The second-order valence-electron chi connectivity index (χ2n) is 8.79. The van der Waals surface area contributed by atoms with E-state index in [0.29, 0.717) is 18.7 Å². The van der Waals surface area contributed by atoms with Gasteiger partial charge in [0.15, 0.2) is 0 Å². The summed E-state index contributed by atoms with van der Waals surface area (Å²) in [5.74, 6) is 0. The van der Waals surface area contributed by atoms with E-state index < -0.39 is 0 Å². The summed E-state index contributed by atoms with van der Waals surface area (Å²) < 4.78 is 1.92. The first kappa shape index (κ1) is 24.2. The number of rotatable bonds is 10. The van der Waals surface area contributed by atoms with E-state index >= 15 is 0 Å². The largest absolute Gasteiger partial charge is 0.308 e. The highest BCUT2D eigenvalue weighted by Gasteiger charge is 2.11. The van der Waals surface area contributed by atoms with Crippen molar-refractivity contribution < 1.29 is 0 Å². The fraction of sp³-hybridized carbons (Fsp3) is 0.226. The van der Waals surface area contributed by atoms with Gasteiger partial charge in [-0.05, 0) is 47.2 Å². The van der Waals surface area contributed by atoms with Crippen LogP contribution >= 0.6 is 0 Å². The zero-order chi connectivity index (χ0) is 24.5. The minimum Gasteiger partial charge on any atom is -0.308 e. The third kappa shape index (κ3) is 6.15. The molecule has 0 radical (unpaired) electrons. The summed E-state index contributed by atoms with van der Waals surface area (Å²) in [6, 6.07) is 32.4. The minimum absolute atomic E-state index is 0.0677. The molecule has 1 aromatic heterocycles. The molecule has 4 heteroatoms. The van der Waals surface area contributed by atoms with Gasteiger partial charge in [-0.3, -0.25) is 4.79 Å². The van der Waals surface area contributed by atoms with Crippen molar-refractivity contribution in [2.45, 2.75) is 45.8 Å². The number of aryl methyl sites for hydroxylation is 1. The third-order valence-corrected chi connectivity index (χ3v) is 6.27. The molecular formula is C31H31N3O. The quantitative estimate of drug-likeness (QED) is 0.312. The van der Waals surface area contributed by atoms with E-state index in [1.165, 1.54) is 5.56 Å². The summed E-state index contributed by atoms with van der Waals surface area (Å²) in [7, 11) is 0. The van der Waals surface area contributed by atoms with Gasteiger partial charge >= 0.3 is 0 Å². The molecule has 0 aliphatic rings. The summed E-state index contributed by atoms with van der Waals surface area (Å²) >= 11 is 0. The number of hydrogen-bond donors (Lipinski definition) is 1. The van der Waals surface area contributed by atoms with Crippen LogP contribution in [0.2, 0.25) is 0 Å². The molecule has 0 spiro atoms. The number of unbranched alkanes of at least 4 members (excludes halogenated alkanes) is 1. The predicted molar refractivity (Wildman–Crippen MR) is 142 cm³/mol. The zero-order valence-corrected chi connectivity index (χ0v) is 20.2. The van der Waals surface area contributed by atoms with Crippen molar-refractivity contribution in [2.24, 2.45) is 0 Å². The van der Waals surface area contributed by atoms with E-state index in [1.807, 2.05) is 65.2 Å². The molecule has 176 valence electrons. The van der Waals surface area contributed by atoms with E-state index in [4.69, 9.17) is 0 Å². The maximum Gasteiger partial charge on any atom is 0.255 e. The number of pyridine rings is 1. The standard InChI is InChI=1S/C31H31N3O/c1-2-3-12-29-19-18-28(22-33-21-24-9-5-4-6-10-24)31(35)34(29)23-25-14-16-26(17-15-25)30-13-8-7-11-27(30)20-32/h4-11,13-19,33H,2-3,12,21-23H2,1H3. The average molecular weight is 462 g/mol. The number of aromatic nitrogens is 1. The lowest BCUT2D eigenvalue weighted by Gasteiger charge is -2.16. The molecule has 1 N–H and O–H groups in total. The molecule has 0 saturated heterocycles. The van der Waals surface area contributed by atoms with Crippen LogP contribution in [0.4, 0.5) is 0 Å². The van der Waals surface area contributed by atoms with Crippen molar-refractivity contribution in [2.75, 3.05) is 0 Å². The Kier molecular flexibility index (Phi) is 8.27. The number of nitriles is 1. The Bertz CT molecular complexity index is 1350. The van der Waals surface area contributed by atoms with Gasteiger partial charge in [-0.15, -0.1) is 0 Å². The molecule has 0 atom stereocenters. The molecule has 0 bridgehead atoms. The van der Waals surface area contributed by atoms with Crippen LogP contribution in [-0.2, 0) is 26.1 Å². The van der Waals surface area contributed by atoms with Gasteiger partial charge in [-0.2, -0.15) is 5.26 Å². The average Bonchev–Trinajstić information content (AvgIpc) is 2.91. The lowest BCUT2D eigenvalue weighted by atomic mass is 9.99. The molecule has 4 rings (SSSR count). The Morgan fingerprint density at radius 3 is 2.31 bits per heavy atom. The second-order valence-corrected chi connectivity index (χ2v) is 8.79. The van der Waals surface area contributed by atoms with Gasteiger partial charge in [0.05, 0.1) is 18.2 Å². The highest BCUT2D eigenvalue weighted by Crippen LogP contribution is 2.23. The molecule has 0 aliphatic heterocycles. The van der Waals surface area contributed by atoms with Crippen LogP contribution in [0.15, 0.2) is 95.8 Å². The topological polar surface area (TPSA) is 57.8 Å². The second kappa shape index (κ2) is 12.0. The van der Waals surface area contributed by atoms with Crippen molar-refractivity contribution >= 4 is 0 Å². The molecule has 0 amide bonds. The molecule has 35 heavy (non-hydrogen) atoms. The summed E-state index contributed by atoms with van der Waals surface area (Å²) in [5.41, 5.74) is 6.77. The predicted octanol–water partition coefficient (Wildman–Crippen LogP) is 6.07. The highest BCUT2D eigenvalue weighted by molar-refractivity contribution is 5.70. The van der Waals surface area contributed by atoms with Gasteiger partial charge in [-0.1, -0.05) is 92.2 Å². The fourth-order valence-corrected chi connectivity index (χ4v) is 4.29. The number of hydrogen-bond acceptors (Lipinski definition) is 3. The van der Waals surface area contributed by atoms with E-state index in [1.54, 1.807) is 0 Å². The van der Waals surface area contributed by atoms with Gasteiger partial charge in [0.25, 0.3) is 5.56 Å². The highest BCUT2D eigenvalue weighted by atomic mass is 16.1. The first-order valence-electron chi connectivity index (χ1n) is 12.2. The van der Waals surface area contributed by atoms with Crippen LogP contribution in [0, 0.1) is 11.3 Å². The van der Waals surface area contributed by atoms with Crippen molar-refractivity contribution in [1.29, 1.82) is 5.26 Å². The van der Waals surface area contributed by atoms with Gasteiger partial charge < -0.3 is 9.88 Å². The summed E-state index contributed by atoms with van der Waals surface area (Å²) in [6.07, 6.45) is 3.02. The monoisotopic (exact) mass is 461 g/mol. The minimum atomic E-state index is 0.0677. The summed E-state index contributed by atoms with van der Waals surface area (Å²) in [5, 5.41) is 12.8. The van der Waals surface area contributed by atoms with Crippen LogP contribution in [-0.4, -0.2) is 4.57 Å². The van der Waals surface area contributed by atoms with Gasteiger partial charge in [0.2, 0.25) is 0 Å².